The SMILES string of the molecule is CCCN1C(=O)[C@H](CCCCNC(=O)OCc2ccccc2)NC(=O)C12CCN(Cc1ccc(Oc3ccccc3)cc1)CC2. The lowest BCUT2D eigenvalue weighted by Crippen LogP contribution is -2.72. The first-order valence-electron chi connectivity index (χ1n) is 16.1. The van der Waals surface area contributed by atoms with E-state index in [4.69, 9.17) is 9.47 Å². The third-order valence-electron chi connectivity index (χ3n) is 8.65. The molecule has 3 aromatic rings. The zero-order valence-corrected chi connectivity index (χ0v) is 26.1. The fraction of sp³-hybridized carbons (Fsp3) is 0.417. The van der Waals surface area contributed by atoms with Gasteiger partial charge in [-0.3, -0.25) is 14.5 Å². The van der Waals surface area contributed by atoms with Crippen molar-refractivity contribution in [3.05, 3.63) is 96.1 Å². The number of amides is 3. The highest BCUT2D eigenvalue weighted by Gasteiger charge is 2.53. The molecule has 2 saturated heterocycles. The zero-order chi connectivity index (χ0) is 31.5. The number of carbonyl (C=O) groups is 3. The highest BCUT2D eigenvalue weighted by Crippen LogP contribution is 2.34. The van der Waals surface area contributed by atoms with Crippen LogP contribution in [0.5, 0.6) is 11.5 Å². The maximum atomic E-state index is 13.7. The summed E-state index contributed by atoms with van der Waals surface area (Å²) in [5, 5.41) is 5.83. The van der Waals surface area contributed by atoms with Gasteiger partial charge in [0.15, 0.2) is 0 Å². The first-order valence-corrected chi connectivity index (χ1v) is 16.1. The third kappa shape index (κ3) is 8.42. The summed E-state index contributed by atoms with van der Waals surface area (Å²) in [7, 11) is 0. The normalized spacial score (nSPS) is 18.0. The van der Waals surface area contributed by atoms with Gasteiger partial charge in [0.2, 0.25) is 11.8 Å². The van der Waals surface area contributed by atoms with Crippen molar-refractivity contribution >= 4 is 17.9 Å². The molecule has 2 aliphatic heterocycles. The minimum absolute atomic E-state index is 0.00846. The van der Waals surface area contributed by atoms with Crippen LogP contribution in [0.3, 0.4) is 0 Å². The monoisotopic (exact) mass is 612 g/mol. The Morgan fingerprint density at radius 3 is 2.24 bits per heavy atom. The molecule has 1 atom stereocenters. The number of rotatable bonds is 13. The summed E-state index contributed by atoms with van der Waals surface area (Å²) in [6, 6.07) is 26.8. The number of nitrogens with one attached hydrogen (secondary N) is 2. The van der Waals surface area contributed by atoms with E-state index in [1.165, 1.54) is 5.56 Å². The highest BCUT2D eigenvalue weighted by atomic mass is 16.5. The second-order valence-electron chi connectivity index (χ2n) is 11.9. The van der Waals surface area contributed by atoms with Gasteiger partial charge in [-0.25, -0.2) is 4.79 Å². The maximum Gasteiger partial charge on any atom is 0.407 e. The molecule has 1 spiro atoms. The Labute approximate surface area is 265 Å². The molecule has 2 N–H and O–H groups in total. The topological polar surface area (TPSA) is 100 Å². The summed E-state index contributed by atoms with van der Waals surface area (Å²) < 4.78 is 11.2. The maximum absolute atomic E-state index is 13.7. The minimum atomic E-state index is -0.794. The Balaban J connectivity index is 1.06. The van der Waals surface area contributed by atoms with Crippen molar-refractivity contribution in [2.75, 3.05) is 26.2 Å². The summed E-state index contributed by atoms with van der Waals surface area (Å²) in [5.41, 5.74) is 1.32. The molecular weight excluding hydrogens is 568 g/mol. The molecule has 0 bridgehead atoms. The van der Waals surface area contributed by atoms with Crippen LogP contribution in [0, 0.1) is 0 Å². The van der Waals surface area contributed by atoms with Crippen LogP contribution >= 0.6 is 0 Å². The van der Waals surface area contributed by atoms with Gasteiger partial charge in [-0.2, -0.15) is 0 Å². The number of hydrogen-bond donors (Lipinski definition) is 2. The van der Waals surface area contributed by atoms with E-state index in [0.29, 0.717) is 45.2 Å². The number of likely N-dealkylation sites (tertiary alicyclic amines) is 1. The number of para-hydroxylation sites is 1. The van der Waals surface area contributed by atoms with Crippen LogP contribution in [-0.2, 0) is 27.5 Å². The first kappa shape index (κ1) is 32.0. The minimum Gasteiger partial charge on any atom is -0.457 e. The lowest BCUT2D eigenvalue weighted by Gasteiger charge is -2.51. The molecule has 0 radical (unpaired) electrons. The summed E-state index contributed by atoms with van der Waals surface area (Å²) in [4.78, 5) is 43.5. The predicted octanol–water partition coefficient (Wildman–Crippen LogP) is 5.65. The number of nitrogens with zero attached hydrogens (tertiary/aromatic N) is 2. The van der Waals surface area contributed by atoms with Gasteiger partial charge in [-0.05, 0) is 73.9 Å². The average Bonchev–Trinajstić information content (AvgIpc) is 3.07. The second kappa shape index (κ2) is 15.6. The van der Waals surface area contributed by atoms with Gasteiger partial charge in [-0.15, -0.1) is 0 Å². The van der Waals surface area contributed by atoms with E-state index in [-0.39, 0.29) is 18.4 Å². The number of hydrogen-bond acceptors (Lipinski definition) is 6. The molecule has 2 aliphatic rings. The molecule has 2 heterocycles. The van der Waals surface area contributed by atoms with Gasteiger partial charge < -0.3 is 25.0 Å². The Morgan fingerprint density at radius 1 is 0.889 bits per heavy atom. The van der Waals surface area contributed by atoms with Crippen molar-refractivity contribution in [2.24, 2.45) is 0 Å². The first-order chi connectivity index (χ1) is 22.0. The third-order valence-corrected chi connectivity index (χ3v) is 8.65. The molecule has 0 saturated carbocycles. The molecule has 3 amide bonds. The number of carbonyl (C=O) groups excluding carboxylic acids is 3. The molecule has 9 nitrogen and oxygen atoms in total. The van der Waals surface area contributed by atoms with Crippen LogP contribution < -0.4 is 15.4 Å². The van der Waals surface area contributed by atoms with Crippen LogP contribution in [0.2, 0.25) is 0 Å². The van der Waals surface area contributed by atoms with E-state index in [1.807, 2.05) is 84.6 Å². The molecule has 9 heteroatoms. The molecule has 0 aromatic heterocycles. The lowest BCUT2D eigenvalue weighted by atomic mass is 9.81. The van der Waals surface area contributed by atoms with E-state index in [9.17, 15) is 14.4 Å². The average molecular weight is 613 g/mol. The predicted molar refractivity (Wildman–Crippen MR) is 173 cm³/mol. The quantitative estimate of drug-likeness (QED) is 0.242. The van der Waals surface area contributed by atoms with Crippen LogP contribution in [0.25, 0.3) is 0 Å². The molecule has 0 unspecified atom stereocenters. The van der Waals surface area contributed by atoms with Crippen molar-refractivity contribution in [3.63, 3.8) is 0 Å². The van der Waals surface area contributed by atoms with Gasteiger partial charge in [0, 0.05) is 32.7 Å². The number of piperidine rings is 1. The molecule has 2 fully saturated rings. The Kier molecular flexibility index (Phi) is 11.1. The van der Waals surface area contributed by atoms with Crippen LogP contribution in [0.1, 0.15) is 56.6 Å². The lowest BCUT2D eigenvalue weighted by molar-refractivity contribution is -0.161. The van der Waals surface area contributed by atoms with Gasteiger partial charge >= 0.3 is 6.09 Å². The van der Waals surface area contributed by atoms with E-state index < -0.39 is 17.7 Å². The number of piperazine rings is 1. The molecule has 5 rings (SSSR count). The number of benzene rings is 3. The van der Waals surface area contributed by atoms with E-state index in [2.05, 4.69) is 27.7 Å². The van der Waals surface area contributed by atoms with Crippen LogP contribution in [0.15, 0.2) is 84.9 Å². The van der Waals surface area contributed by atoms with Crippen molar-refractivity contribution < 1.29 is 23.9 Å². The molecule has 3 aromatic carbocycles. The largest absolute Gasteiger partial charge is 0.457 e. The summed E-state index contributed by atoms with van der Waals surface area (Å²) >= 11 is 0. The Morgan fingerprint density at radius 2 is 1.56 bits per heavy atom. The Bertz CT molecular complexity index is 1390. The number of ether oxygens (including phenoxy) is 2. The van der Waals surface area contributed by atoms with Crippen molar-refractivity contribution in [3.8, 4) is 11.5 Å². The smallest absolute Gasteiger partial charge is 0.407 e. The van der Waals surface area contributed by atoms with E-state index in [0.717, 1.165) is 43.1 Å². The second-order valence-corrected chi connectivity index (χ2v) is 11.9. The summed E-state index contributed by atoms with van der Waals surface area (Å²) in [6.45, 7) is 5.54. The van der Waals surface area contributed by atoms with Gasteiger partial charge in [0.25, 0.3) is 0 Å². The molecule has 238 valence electrons. The number of alkyl carbamates (subject to hydrolysis) is 1. The van der Waals surface area contributed by atoms with Crippen LogP contribution in [-0.4, -0.2) is 65.5 Å². The highest BCUT2D eigenvalue weighted by molar-refractivity contribution is 6.00. The fourth-order valence-corrected chi connectivity index (χ4v) is 6.18. The van der Waals surface area contributed by atoms with Crippen molar-refractivity contribution in [2.45, 2.75) is 70.2 Å². The standard InChI is InChI=1S/C36H44N4O5/c1-2-23-40-33(41)32(15-9-10-22-37-35(43)44-27-29-11-5-3-6-12-29)38-34(42)36(40)20-24-39(25-21-36)26-28-16-18-31(19-17-28)45-30-13-7-4-8-14-30/h3-8,11-14,16-19,32H,2,9-10,15,20-27H2,1H3,(H,37,43)(H,38,42)/t32-/m0/s1. The van der Waals surface area contributed by atoms with Crippen LogP contribution in [0.4, 0.5) is 4.79 Å². The molecule has 45 heavy (non-hydrogen) atoms. The molecule has 0 aliphatic carbocycles. The fourth-order valence-electron chi connectivity index (χ4n) is 6.18. The van der Waals surface area contributed by atoms with E-state index >= 15 is 0 Å². The van der Waals surface area contributed by atoms with Crippen molar-refractivity contribution in [1.82, 2.24) is 20.4 Å². The van der Waals surface area contributed by atoms with Crippen molar-refractivity contribution in [1.29, 1.82) is 0 Å². The van der Waals surface area contributed by atoms with Gasteiger partial charge in [0.05, 0.1) is 0 Å². The van der Waals surface area contributed by atoms with Gasteiger partial charge in [0.1, 0.15) is 29.7 Å². The Hall–Kier alpha value is -4.37. The number of unbranched alkanes of at least 4 members (excludes halogenated alkanes) is 1. The zero-order valence-electron chi connectivity index (χ0n) is 26.1. The summed E-state index contributed by atoms with van der Waals surface area (Å²) in [6.07, 6.45) is 3.49. The summed E-state index contributed by atoms with van der Waals surface area (Å²) in [5.74, 6) is 1.57. The van der Waals surface area contributed by atoms with Gasteiger partial charge in [-0.1, -0.05) is 67.6 Å². The molecular formula is C36H44N4O5. The van der Waals surface area contributed by atoms with E-state index in [1.54, 1.807) is 0 Å².